The summed E-state index contributed by atoms with van der Waals surface area (Å²) in [5.41, 5.74) is 0. The molecule has 1 fully saturated rings. The van der Waals surface area contributed by atoms with E-state index in [0.29, 0.717) is 13.0 Å². The van der Waals surface area contributed by atoms with Crippen molar-refractivity contribution in [2.24, 2.45) is 0 Å². The van der Waals surface area contributed by atoms with Gasteiger partial charge in [0.15, 0.2) is 0 Å². The summed E-state index contributed by atoms with van der Waals surface area (Å²) in [5, 5.41) is 2.90. The fourth-order valence-corrected chi connectivity index (χ4v) is 1.62. The van der Waals surface area contributed by atoms with Crippen LogP contribution < -0.4 is 5.32 Å². The minimum Gasteiger partial charge on any atom is -0.359 e. The van der Waals surface area contributed by atoms with Crippen molar-refractivity contribution >= 4 is 5.91 Å². The van der Waals surface area contributed by atoms with Crippen molar-refractivity contribution in [2.45, 2.75) is 51.7 Å². The highest BCUT2D eigenvalue weighted by Gasteiger charge is 2.13. The molecule has 0 radical (unpaired) electrons. The molecule has 1 saturated heterocycles. The Morgan fingerprint density at radius 3 is 2.92 bits per heavy atom. The maximum atomic E-state index is 11.3. The van der Waals surface area contributed by atoms with Crippen LogP contribution >= 0.6 is 0 Å². The Labute approximate surface area is 79.8 Å². The Hall–Kier alpha value is -0.570. The summed E-state index contributed by atoms with van der Waals surface area (Å²) in [6.45, 7) is 2.63. The number of amides is 1. The molecule has 76 valence electrons. The van der Waals surface area contributed by atoms with Gasteiger partial charge in [-0.15, -0.1) is 0 Å². The molecular formula is C10H19NO2. The topological polar surface area (TPSA) is 38.3 Å². The number of carbonyl (C=O) groups is 1. The van der Waals surface area contributed by atoms with Gasteiger partial charge in [0.25, 0.3) is 0 Å². The molecule has 0 aromatic rings. The van der Waals surface area contributed by atoms with Gasteiger partial charge in [0.1, 0.15) is 6.23 Å². The molecular weight excluding hydrogens is 166 g/mol. The van der Waals surface area contributed by atoms with Crippen LogP contribution in [0.3, 0.4) is 0 Å². The number of hydrogen-bond donors (Lipinski definition) is 1. The molecule has 1 atom stereocenters. The molecule has 1 N–H and O–H groups in total. The molecule has 1 heterocycles. The van der Waals surface area contributed by atoms with Crippen molar-refractivity contribution in [3.05, 3.63) is 0 Å². The number of nitrogens with one attached hydrogen (secondary N) is 1. The SMILES string of the molecule is CCOC1CCCCCCC(=O)N1. The third-order valence-corrected chi connectivity index (χ3v) is 2.31. The second kappa shape index (κ2) is 5.97. The highest BCUT2D eigenvalue weighted by molar-refractivity contribution is 5.76. The van der Waals surface area contributed by atoms with Crippen molar-refractivity contribution in [1.29, 1.82) is 0 Å². The van der Waals surface area contributed by atoms with Crippen LogP contribution in [0.15, 0.2) is 0 Å². The zero-order valence-corrected chi connectivity index (χ0v) is 8.34. The minimum atomic E-state index is -0.0457. The fraction of sp³-hybridized carbons (Fsp3) is 0.900. The Morgan fingerprint density at radius 1 is 1.38 bits per heavy atom. The van der Waals surface area contributed by atoms with Crippen LogP contribution in [0.2, 0.25) is 0 Å². The van der Waals surface area contributed by atoms with E-state index in [1.165, 1.54) is 12.8 Å². The number of ether oxygens (including phenoxy) is 1. The predicted octanol–water partition coefficient (Wildman–Crippen LogP) is 1.82. The first kappa shape index (κ1) is 10.5. The van der Waals surface area contributed by atoms with Crippen molar-refractivity contribution in [3.8, 4) is 0 Å². The van der Waals surface area contributed by atoms with E-state index in [0.717, 1.165) is 19.3 Å². The molecule has 1 unspecified atom stereocenters. The second-order valence-electron chi connectivity index (χ2n) is 3.46. The van der Waals surface area contributed by atoms with Crippen LogP contribution in [-0.2, 0) is 9.53 Å². The van der Waals surface area contributed by atoms with E-state index in [4.69, 9.17) is 4.74 Å². The van der Waals surface area contributed by atoms with Crippen LogP contribution in [0, 0.1) is 0 Å². The molecule has 1 aliphatic rings. The van der Waals surface area contributed by atoms with Crippen LogP contribution in [0.1, 0.15) is 45.4 Å². The molecule has 1 aliphatic heterocycles. The molecule has 3 nitrogen and oxygen atoms in total. The van der Waals surface area contributed by atoms with Crippen LogP contribution in [0.4, 0.5) is 0 Å². The first-order chi connectivity index (χ1) is 6.33. The lowest BCUT2D eigenvalue weighted by Gasteiger charge is -2.17. The Balaban J connectivity index is 2.36. The quantitative estimate of drug-likeness (QED) is 0.712. The van der Waals surface area contributed by atoms with Gasteiger partial charge in [-0.3, -0.25) is 4.79 Å². The molecule has 3 heteroatoms. The summed E-state index contributed by atoms with van der Waals surface area (Å²) < 4.78 is 5.41. The average molecular weight is 185 g/mol. The maximum Gasteiger partial charge on any atom is 0.221 e. The summed E-state index contributed by atoms with van der Waals surface area (Å²) in [5.74, 6) is 0.139. The van der Waals surface area contributed by atoms with Gasteiger partial charge in [-0.2, -0.15) is 0 Å². The van der Waals surface area contributed by atoms with E-state index in [2.05, 4.69) is 5.32 Å². The fourth-order valence-electron chi connectivity index (χ4n) is 1.62. The molecule has 0 aromatic heterocycles. The molecule has 13 heavy (non-hydrogen) atoms. The molecule has 0 saturated carbocycles. The molecule has 0 aliphatic carbocycles. The third kappa shape index (κ3) is 4.27. The number of hydrogen-bond acceptors (Lipinski definition) is 2. The largest absolute Gasteiger partial charge is 0.359 e. The highest BCUT2D eigenvalue weighted by Crippen LogP contribution is 2.11. The Bertz CT molecular complexity index is 159. The summed E-state index contributed by atoms with van der Waals surface area (Å²) >= 11 is 0. The molecule has 0 spiro atoms. The van der Waals surface area contributed by atoms with Crippen molar-refractivity contribution in [3.63, 3.8) is 0 Å². The summed E-state index contributed by atoms with van der Waals surface area (Å²) in [4.78, 5) is 11.3. The van der Waals surface area contributed by atoms with Gasteiger partial charge in [0.2, 0.25) is 5.91 Å². The van der Waals surface area contributed by atoms with Crippen molar-refractivity contribution < 1.29 is 9.53 Å². The summed E-state index contributed by atoms with van der Waals surface area (Å²) in [6, 6.07) is 0. The zero-order valence-electron chi connectivity index (χ0n) is 8.34. The average Bonchev–Trinajstić information content (AvgIpc) is 2.18. The summed E-state index contributed by atoms with van der Waals surface area (Å²) in [6.07, 6.45) is 6.14. The van der Waals surface area contributed by atoms with Crippen LogP contribution in [0.5, 0.6) is 0 Å². The first-order valence-corrected chi connectivity index (χ1v) is 5.24. The van der Waals surface area contributed by atoms with Crippen molar-refractivity contribution in [1.82, 2.24) is 5.32 Å². The lowest BCUT2D eigenvalue weighted by molar-refractivity contribution is -0.125. The van der Waals surface area contributed by atoms with E-state index in [-0.39, 0.29) is 12.1 Å². The smallest absolute Gasteiger partial charge is 0.221 e. The van der Waals surface area contributed by atoms with Gasteiger partial charge in [-0.25, -0.2) is 0 Å². The van der Waals surface area contributed by atoms with E-state index >= 15 is 0 Å². The molecule has 1 rings (SSSR count). The highest BCUT2D eigenvalue weighted by atomic mass is 16.5. The molecule has 0 bridgehead atoms. The third-order valence-electron chi connectivity index (χ3n) is 2.31. The first-order valence-electron chi connectivity index (χ1n) is 5.24. The van der Waals surface area contributed by atoms with E-state index in [1.54, 1.807) is 0 Å². The minimum absolute atomic E-state index is 0.0457. The maximum absolute atomic E-state index is 11.3. The second-order valence-corrected chi connectivity index (χ2v) is 3.46. The van der Waals surface area contributed by atoms with Gasteiger partial charge in [0, 0.05) is 13.0 Å². The Morgan fingerprint density at radius 2 is 2.15 bits per heavy atom. The van der Waals surface area contributed by atoms with Gasteiger partial charge in [-0.05, 0) is 26.2 Å². The van der Waals surface area contributed by atoms with Gasteiger partial charge < -0.3 is 10.1 Å². The standard InChI is InChI=1S/C10H19NO2/c1-2-13-10-8-6-4-3-5-7-9(12)11-10/h10H,2-8H2,1H3,(H,11,12). The number of rotatable bonds is 2. The zero-order chi connectivity index (χ0) is 9.52. The number of carbonyl (C=O) groups excluding carboxylic acids is 1. The lowest BCUT2D eigenvalue weighted by Crippen LogP contribution is -2.36. The van der Waals surface area contributed by atoms with Gasteiger partial charge in [-0.1, -0.05) is 12.8 Å². The van der Waals surface area contributed by atoms with E-state index < -0.39 is 0 Å². The van der Waals surface area contributed by atoms with E-state index in [1.807, 2.05) is 6.92 Å². The monoisotopic (exact) mass is 185 g/mol. The predicted molar refractivity (Wildman–Crippen MR) is 51.3 cm³/mol. The van der Waals surface area contributed by atoms with Gasteiger partial charge in [0.05, 0.1) is 0 Å². The normalized spacial score (nSPS) is 25.6. The van der Waals surface area contributed by atoms with Gasteiger partial charge >= 0.3 is 0 Å². The van der Waals surface area contributed by atoms with E-state index in [9.17, 15) is 4.79 Å². The van der Waals surface area contributed by atoms with Crippen LogP contribution in [0.25, 0.3) is 0 Å². The van der Waals surface area contributed by atoms with Crippen molar-refractivity contribution in [2.75, 3.05) is 6.61 Å². The Kier molecular flexibility index (Phi) is 4.83. The summed E-state index contributed by atoms with van der Waals surface area (Å²) in [7, 11) is 0. The molecule has 1 amide bonds. The van der Waals surface area contributed by atoms with Crippen LogP contribution in [-0.4, -0.2) is 18.7 Å². The lowest BCUT2D eigenvalue weighted by atomic mass is 10.1. The molecule has 0 aromatic carbocycles.